The number of anilines is 4. The van der Waals surface area contributed by atoms with E-state index in [0.29, 0.717) is 11.7 Å². The molecule has 0 bridgehead atoms. The van der Waals surface area contributed by atoms with Gasteiger partial charge in [-0.3, -0.25) is 4.72 Å². The monoisotopic (exact) mass is 513 g/mol. The summed E-state index contributed by atoms with van der Waals surface area (Å²) < 4.78 is 61.3. The SMILES string of the molecule is CNC1CCN(c2ccccc2Nc2ccc(S(=O)(=O)Nc3cscn3)c(F)c2)C1.O=C(F)F. The maximum Gasteiger partial charge on any atom is 0.483 e. The van der Waals surface area contributed by atoms with Crippen LogP contribution in [0.5, 0.6) is 0 Å². The number of halogens is 3. The number of carbonyl (C=O) groups excluding carboxylic acids is 1. The highest BCUT2D eigenvalue weighted by Crippen LogP contribution is 2.32. The molecule has 182 valence electrons. The number of hydrogen-bond acceptors (Lipinski definition) is 8. The first-order chi connectivity index (χ1) is 16.2. The molecular weight excluding hydrogens is 491 g/mol. The van der Waals surface area contributed by atoms with Crippen molar-refractivity contribution < 1.29 is 26.4 Å². The maximum absolute atomic E-state index is 14.7. The third kappa shape index (κ3) is 6.68. The second kappa shape index (κ2) is 11.3. The number of para-hydroxylation sites is 2. The molecule has 2 aromatic carbocycles. The number of aromatic nitrogens is 1. The average molecular weight is 514 g/mol. The predicted octanol–water partition coefficient (Wildman–Crippen LogP) is 4.67. The Morgan fingerprint density at radius 3 is 2.56 bits per heavy atom. The summed E-state index contributed by atoms with van der Waals surface area (Å²) in [6.45, 7) is 1.82. The lowest BCUT2D eigenvalue weighted by Crippen LogP contribution is -2.29. The van der Waals surface area contributed by atoms with Crippen molar-refractivity contribution in [2.24, 2.45) is 0 Å². The highest BCUT2D eigenvalue weighted by Gasteiger charge is 2.23. The van der Waals surface area contributed by atoms with Gasteiger partial charge in [-0.25, -0.2) is 22.6 Å². The standard InChI is InChI=1S/C20H22FN5O2S2.CF2O/c1-22-15-8-9-26(11-15)18-5-3-2-4-17(18)24-14-6-7-19(16(21)10-14)30(27,28)25-20-12-29-13-23-20;2-1(3)4/h2-7,10,12-13,15,22,24-25H,8-9,11H2,1H3;. The Morgan fingerprint density at radius 2 is 1.94 bits per heavy atom. The van der Waals surface area contributed by atoms with E-state index in [4.69, 9.17) is 4.79 Å². The minimum atomic E-state index is -4.06. The number of thiazole rings is 1. The van der Waals surface area contributed by atoms with Crippen molar-refractivity contribution in [3.8, 4) is 0 Å². The maximum atomic E-state index is 14.7. The first-order valence-electron chi connectivity index (χ1n) is 10.0. The van der Waals surface area contributed by atoms with Gasteiger partial charge in [-0.2, -0.15) is 0 Å². The number of benzene rings is 2. The number of sulfonamides is 1. The van der Waals surface area contributed by atoms with Gasteiger partial charge in [-0.1, -0.05) is 12.1 Å². The number of nitrogens with zero attached hydrogens (tertiary/aromatic N) is 2. The molecule has 3 aromatic rings. The largest absolute Gasteiger partial charge is 0.483 e. The summed E-state index contributed by atoms with van der Waals surface area (Å²) in [5, 5.41) is 8.06. The van der Waals surface area contributed by atoms with Crippen molar-refractivity contribution in [3.63, 3.8) is 0 Å². The Kier molecular flexibility index (Phi) is 8.47. The van der Waals surface area contributed by atoms with Crippen LogP contribution in [0.4, 0.5) is 40.8 Å². The van der Waals surface area contributed by atoms with Crippen LogP contribution >= 0.6 is 11.3 Å². The van der Waals surface area contributed by atoms with E-state index in [1.54, 1.807) is 11.4 Å². The van der Waals surface area contributed by atoms with Crippen LogP contribution in [-0.2, 0) is 10.0 Å². The van der Waals surface area contributed by atoms with E-state index >= 15 is 0 Å². The topological polar surface area (TPSA) is 103 Å². The summed E-state index contributed by atoms with van der Waals surface area (Å²) >= 11 is 1.25. The zero-order chi connectivity index (χ0) is 24.7. The van der Waals surface area contributed by atoms with Crippen LogP contribution in [0.3, 0.4) is 0 Å². The smallest absolute Gasteiger partial charge is 0.368 e. The lowest BCUT2D eigenvalue weighted by molar-refractivity contribution is 0.199. The lowest BCUT2D eigenvalue weighted by atomic mass is 10.2. The number of likely N-dealkylation sites (N-methyl/N-ethyl adjacent to an activating group) is 1. The van der Waals surface area contributed by atoms with Gasteiger partial charge in [-0.05, 0) is 43.8 Å². The molecule has 1 aliphatic rings. The van der Waals surface area contributed by atoms with Crippen molar-refractivity contribution in [2.45, 2.75) is 17.4 Å². The zero-order valence-electron chi connectivity index (χ0n) is 18.0. The Balaban J connectivity index is 0.000000751. The summed E-state index contributed by atoms with van der Waals surface area (Å²) in [5.41, 5.74) is 3.83. The van der Waals surface area contributed by atoms with Crippen molar-refractivity contribution >= 4 is 50.5 Å². The van der Waals surface area contributed by atoms with Crippen molar-refractivity contribution in [2.75, 3.05) is 35.1 Å². The third-order valence-electron chi connectivity index (χ3n) is 5.01. The molecule has 0 radical (unpaired) electrons. The summed E-state index contributed by atoms with van der Waals surface area (Å²) in [4.78, 5) is 13.8. The van der Waals surface area contributed by atoms with Crippen LogP contribution in [0.1, 0.15) is 6.42 Å². The van der Waals surface area contributed by atoms with Crippen LogP contribution in [0.25, 0.3) is 0 Å². The van der Waals surface area contributed by atoms with E-state index in [-0.39, 0.29) is 5.82 Å². The molecule has 1 unspecified atom stereocenters. The van der Waals surface area contributed by atoms with Crippen LogP contribution in [0.2, 0.25) is 0 Å². The fraction of sp³-hybridized carbons (Fsp3) is 0.238. The van der Waals surface area contributed by atoms with Gasteiger partial charge in [0.15, 0.2) is 5.82 Å². The summed E-state index contributed by atoms with van der Waals surface area (Å²) in [7, 11) is -2.10. The Morgan fingerprint density at radius 1 is 1.21 bits per heavy atom. The molecule has 13 heteroatoms. The predicted molar refractivity (Wildman–Crippen MR) is 126 cm³/mol. The van der Waals surface area contributed by atoms with Crippen molar-refractivity contribution in [1.29, 1.82) is 0 Å². The van der Waals surface area contributed by atoms with Crippen LogP contribution in [0.15, 0.2) is 58.3 Å². The molecule has 3 N–H and O–H groups in total. The van der Waals surface area contributed by atoms with Gasteiger partial charge >= 0.3 is 6.29 Å². The fourth-order valence-corrected chi connectivity index (χ4v) is 5.10. The molecule has 8 nitrogen and oxygen atoms in total. The minimum Gasteiger partial charge on any atom is -0.368 e. The molecule has 34 heavy (non-hydrogen) atoms. The van der Waals surface area contributed by atoms with E-state index in [1.807, 2.05) is 31.3 Å². The van der Waals surface area contributed by atoms with Gasteiger partial charge in [0.25, 0.3) is 10.0 Å². The molecule has 4 rings (SSSR count). The summed E-state index contributed by atoms with van der Waals surface area (Å²) in [6.07, 6.45) is -1.78. The van der Waals surface area contributed by atoms with Crippen molar-refractivity contribution in [1.82, 2.24) is 10.3 Å². The molecule has 1 atom stereocenters. The molecule has 0 amide bonds. The Bertz CT molecular complexity index is 1220. The molecule has 1 aromatic heterocycles. The fourth-order valence-electron chi connectivity index (χ4n) is 3.48. The molecule has 0 spiro atoms. The van der Waals surface area contributed by atoms with Gasteiger partial charge in [0.05, 0.1) is 16.9 Å². The van der Waals surface area contributed by atoms with Crippen molar-refractivity contribution in [3.05, 3.63) is 59.2 Å². The molecule has 1 fully saturated rings. The van der Waals surface area contributed by atoms with E-state index in [2.05, 4.69) is 25.2 Å². The molecule has 1 aliphatic heterocycles. The minimum absolute atomic E-state index is 0.168. The molecule has 2 heterocycles. The van der Waals surface area contributed by atoms with Crippen LogP contribution < -0.4 is 20.3 Å². The number of rotatable bonds is 7. The van der Waals surface area contributed by atoms with E-state index < -0.39 is 27.0 Å². The second-order valence-corrected chi connectivity index (χ2v) is 9.58. The Hall–Kier alpha value is -3.16. The number of hydrogen-bond donors (Lipinski definition) is 3. The lowest BCUT2D eigenvalue weighted by Gasteiger charge is -2.23. The average Bonchev–Trinajstić information content (AvgIpc) is 3.45. The van der Waals surface area contributed by atoms with Crippen LogP contribution in [0, 0.1) is 5.82 Å². The number of nitrogens with one attached hydrogen (secondary N) is 3. The molecule has 0 saturated carbocycles. The third-order valence-corrected chi connectivity index (χ3v) is 6.99. The number of carbonyl (C=O) groups is 1. The molecule has 0 aliphatic carbocycles. The normalized spacial score (nSPS) is 15.4. The Labute approximate surface area is 198 Å². The molecule has 1 saturated heterocycles. The van der Waals surface area contributed by atoms with Gasteiger partial charge in [0, 0.05) is 30.2 Å². The second-order valence-electron chi connectivity index (χ2n) is 7.21. The van der Waals surface area contributed by atoms with Gasteiger partial charge < -0.3 is 15.5 Å². The van der Waals surface area contributed by atoms with E-state index in [0.717, 1.165) is 30.9 Å². The highest BCUT2D eigenvalue weighted by molar-refractivity contribution is 7.92. The highest BCUT2D eigenvalue weighted by atomic mass is 32.2. The van der Waals surface area contributed by atoms with Gasteiger partial charge in [0.2, 0.25) is 0 Å². The van der Waals surface area contributed by atoms with E-state index in [1.165, 1.54) is 29.0 Å². The zero-order valence-corrected chi connectivity index (χ0v) is 19.6. The summed E-state index contributed by atoms with van der Waals surface area (Å²) in [6, 6.07) is 12.2. The summed E-state index contributed by atoms with van der Waals surface area (Å²) in [5.74, 6) is -0.669. The van der Waals surface area contributed by atoms with Crippen LogP contribution in [-0.4, -0.2) is 45.9 Å². The van der Waals surface area contributed by atoms with E-state index in [9.17, 15) is 21.6 Å². The first-order valence-corrected chi connectivity index (χ1v) is 12.5. The first kappa shape index (κ1) is 25.5. The quantitative estimate of drug-likeness (QED) is 0.395. The molecular formula is C21H22F3N5O3S2. The van der Waals surface area contributed by atoms with Gasteiger partial charge in [-0.15, -0.1) is 20.1 Å². The van der Waals surface area contributed by atoms with Gasteiger partial charge in [0.1, 0.15) is 10.7 Å².